The molecule has 0 aliphatic carbocycles. The van der Waals surface area contributed by atoms with E-state index in [9.17, 15) is 0 Å². The highest BCUT2D eigenvalue weighted by Crippen LogP contribution is 2.44. The molecule has 0 saturated carbocycles. The van der Waals surface area contributed by atoms with E-state index in [4.69, 9.17) is 9.40 Å². The molecule has 0 saturated heterocycles. The minimum atomic E-state index is 0.613. The Morgan fingerprint density at radius 3 is 1.77 bits per heavy atom. The van der Waals surface area contributed by atoms with Crippen molar-refractivity contribution in [3.8, 4) is 33.7 Å². The number of hydrogen-bond acceptors (Lipinski definition) is 3. The second-order valence-electron chi connectivity index (χ2n) is 13.2. The fourth-order valence-corrected chi connectivity index (χ4v) is 7.59. The summed E-state index contributed by atoms with van der Waals surface area (Å²) in [5, 5.41) is 7.16. The van der Waals surface area contributed by atoms with Gasteiger partial charge in [0.2, 0.25) is 5.89 Å². The first-order valence-corrected chi connectivity index (χ1v) is 17.6. The van der Waals surface area contributed by atoms with E-state index in [2.05, 4.69) is 169 Å². The van der Waals surface area contributed by atoms with Crippen LogP contribution in [0.2, 0.25) is 0 Å². The monoisotopic (exact) mass is 664 g/mol. The normalized spacial score (nSPS) is 11.5. The lowest BCUT2D eigenvalue weighted by Crippen LogP contribution is -2.10. The summed E-state index contributed by atoms with van der Waals surface area (Å²) in [5.41, 5.74) is 10.4. The highest BCUT2D eigenvalue weighted by molar-refractivity contribution is 6.14. The Kier molecular flexibility index (Phi) is 7.14. The fourth-order valence-electron chi connectivity index (χ4n) is 7.59. The predicted molar refractivity (Wildman–Crippen MR) is 218 cm³/mol. The average molecular weight is 665 g/mol. The number of aromatic nitrogens is 1. The third kappa shape index (κ3) is 5.10. The maximum atomic E-state index is 6.53. The van der Waals surface area contributed by atoms with E-state index >= 15 is 0 Å². The van der Waals surface area contributed by atoms with Gasteiger partial charge < -0.3 is 9.32 Å². The van der Waals surface area contributed by atoms with Gasteiger partial charge in [-0.25, -0.2) is 4.98 Å². The van der Waals surface area contributed by atoms with Crippen LogP contribution in [0.15, 0.2) is 199 Å². The lowest BCUT2D eigenvalue weighted by Gasteiger charge is -2.27. The smallest absolute Gasteiger partial charge is 0.227 e. The molecule has 0 aliphatic heterocycles. The molecule has 0 fully saturated rings. The van der Waals surface area contributed by atoms with Crippen molar-refractivity contribution in [1.29, 1.82) is 0 Å². The van der Waals surface area contributed by atoms with E-state index in [0.717, 1.165) is 50.1 Å². The Hall–Kier alpha value is -6.97. The first-order chi connectivity index (χ1) is 25.8. The molecule has 9 aromatic carbocycles. The van der Waals surface area contributed by atoms with Crippen LogP contribution < -0.4 is 4.90 Å². The average Bonchev–Trinajstić information content (AvgIpc) is 3.67. The second-order valence-corrected chi connectivity index (χ2v) is 13.2. The van der Waals surface area contributed by atoms with E-state index in [-0.39, 0.29) is 0 Å². The largest absolute Gasteiger partial charge is 0.436 e. The molecule has 10 aromatic rings. The van der Waals surface area contributed by atoms with E-state index < -0.39 is 0 Å². The molecule has 52 heavy (non-hydrogen) atoms. The summed E-state index contributed by atoms with van der Waals surface area (Å²) >= 11 is 0. The summed E-state index contributed by atoms with van der Waals surface area (Å²) in [7, 11) is 0. The molecule has 1 aromatic heterocycles. The molecule has 0 N–H and O–H groups in total. The van der Waals surface area contributed by atoms with Gasteiger partial charge in [-0.1, -0.05) is 146 Å². The van der Waals surface area contributed by atoms with E-state index in [1.54, 1.807) is 0 Å². The van der Waals surface area contributed by atoms with Crippen molar-refractivity contribution in [2.24, 2.45) is 0 Å². The predicted octanol–water partition coefficient (Wildman–Crippen LogP) is 13.8. The molecule has 3 nitrogen and oxygen atoms in total. The minimum absolute atomic E-state index is 0.613. The maximum Gasteiger partial charge on any atom is 0.227 e. The SMILES string of the molecule is c1ccc(-c2cccc(N(c3ccc(-c4cc5ccccc5c5ccccc45)cc3)c3cc4oc(-c5ccccc5)nc4c4ccccc34)c2)cc1. The van der Waals surface area contributed by atoms with E-state index in [0.29, 0.717) is 5.89 Å². The highest BCUT2D eigenvalue weighted by atomic mass is 16.3. The molecule has 0 bridgehead atoms. The van der Waals surface area contributed by atoms with Gasteiger partial charge >= 0.3 is 0 Å². The number of hydrogen-bond donors (Lipinski definition) is 0. The lowest BCUT2D eigenvalue weighted by molar-refractivity contribution is 0.620. The van der Waals surface area contributed by atoms with Gasteiger partial charge in [0, 0.05) is 33.8 Å². The zero-order chi connectivity index (χ0) is 34.4. The zero-order valence-corrected chi connectivity index (χ0v) is 28.3. The van der Waals surface area contributed by atoms with Gasteiger partial charge in [-0.05, 0) is 86.3 Å². The number of benzene rings is 9. The fraction of sp³-hybridized carbons (Fsp3) is 0. The van der Waals surface area contributed by atoms with Crippen molar-refractivity contribution in [2.75, 3.05) is 4.90 Å². The van der Waals surface area contributed by atoms with Gasteiger partial charge in [-0.2, -0.15) is 0 Å². The highest BCUT2D eigenvalue weighted by Gasteiger charge is 2.21. The van der Waals surface area contributed by atoms with Crippen molar-refractivity contribution < 1.29 is 4.42 Å². The Morgan fingerprint density at radius 2 is 1.00 bits per heavy atom. The van der Waals surface area contributed by atoms with Crippen LogP contribution in [-0.4, -0.2) is 4.98 Å². The van der Waals surface area contributed by atoms with Crippen molar-refractivity contribution in [2.45, 2.75) is 0 Å². The molecule has 0 spiro atoms. The molecule has 1 heterocycles. The Labute approximate surface area is 301 Å². The van der Waals surface area contributed by atoms with Gasteiger partial charge in [-0.15, -0.1) is 0 Å². The zero-order valence-electron chi connectivity index (χ0n) is 28.3. The van der Waals surface area contributed by atoms with Crippen LogP contribution in [0.5, 0.6) is 0 Å². The van der Waals surface area contributed by atoms with Crippen LogP contribution in [0.25, 0.3) is 77.1 Å². The summed E-state index contributed by atoms with van der Waals surface area (Å²) in [6.07, 6.45) is 0. The molecule has 0 unspecified atom stereocenters. The van der Waals surface area contributed by atoms with E-state index in [1.807, 2.05) is 30.3 Å². The number of anilines is 3. The van der Waals surface area contributed by atoms with Gasteiger partial charge in [-0.3, -0.25) is 0 Å². The Bertz CT molecular complexity index is 2890. The number of fused-ring (bicyclic) bond motifs is 6. The molecule has 0 aliphatic rings. The third-order valence-electron chi connectivity index (χ3n) is 10.1. The summed E-state index contributed by atoms with van der Waals surface area (Å²) in [5.74, 6) is 0.613. The first kappa shape index (κ1) is 29.9. The molecular weight excluding hydrogens is 633 g/mol. The van der Waals surface area contributed by atoms with Gasteiger partial charge in [0.25, 0.3) is 0 Å². The van der Waals surface area contributed by atoms with Crippen molar-refractivity contribution in [3.05, 3.63) is 194 Å². The van der Waals surface area contributed by atoms with Crippen molar-refractivity contribution in [3.63, 3.8) is 0 Å². The third-order valence-corrected chi connectivity index (χ3v) is 10.1. The number of rotatable bonds is 6. The van der Waals surface area contributed by atoms with Crippen LogP contribution in [0.1, 0.15) is 0 Å². The molecule has 3 heteroatoms. The van der Waals surface area contributed by atoms with Crippen LogP contribution in [0.3, 0.4) is 0 Å². The van der Waals surface area contributed by atoms with Crippen LogP contribution in [-0.2, 0) is 0 Å². The molecule has 10 rings (SSSR count). The summed E-state index contributed by atoms with van der Waals surface area (Å²) in [6.45, 7) is 0. The molecule has 0 radical (unpaired) electrons. The van der Waals surface area contributed by atoms with Crippen LogP contribution in [0.4, 0.5) is 17.1 Å². The van der Waals surface area contributed by atoms with Crippen molar-refractivity contribution >= 4 is 60.5 Å². The summed E-state index contributed by atoms with van der Waals surface area (Å²) in [4.78, 5) is 7.37. The molecule has 0 amide bonds. The van der Waals surface area contributed by atoms with Gasteiger partial charge in [0.05, 0.1) is 5.69 Å². The van der Waals surface area contributed by atoms with Crippen LogP contribution in [0, 0.1) is 0 Å². The number of nitrogens with zero attached hydrogens (tertiary/aromatic N) is 2. The lowest BCUT2D eigenvalue weighted by atomic mass is 9.93. The number of oxazole rings is 1. The van der Waals surface area contributed by atoms with Crippen molar-refractivity contribution in [1.82, 2.24) is 4.98 Å². The molecule has 0 atom stereocenters. The summed E-state index contributed by atoms with van der Waals surface area (Å²) < 4.78 is 6.53. The maximum absolute atomic E-state index is 6.53. The molecular formula is C49H32N2O. The van der Waals surface area contributed by atoms with Crippen LogP contribution >= 0.6 is 0 Å². The quantitative estimate of drug-likeness (QED) is 0.166. The molecule has 244 valence electrons. The Morgan fingerprint density at radius 1 is 0.385 bits per heavy atom. The summed E-state index contributed by atoms with van der Waals surface area (Å²) in [6, 6.07) is 68.8. The van der Waals surface area contributed by atoms with Gasteiger partial charge in [0.1, 0.15) is 5.52 Å². The van der Waals surface area contributed by atoms with Gasteiger partial charge in [0.15, 0.2) is 5.58 Å². The standard InChI is InChI=1S/C49H32N2O/c1-3-14-33(15-4-1)36-19-13-20-39(30-36)51(46-32-47-48(44-25-12-11-24-43(44)46)50-49(52-47)35-16-5-2-6-17-35)38-28-26-34(27-29-38)45-31-37-18-7-8-21-40(37)41-22-9-10-23-42(41)45/h1-32H. The first-order valence-electron chi connectivity index (χ1n) is 17.6. The Balaban J connectivity index is 1.18. The minimum Gasteiger partial charge on any atom is -0.436 e. The second kappa shape index (κ2) is 12.4. The topological polar surface area (TPSA) is 29.3 Å². The van der Waals surface area contributed by atoms with E-state index in [1.165, 1.54) is 38.2 Å².